The number of carbonyl (C=O) groups excluding carboxylic acids is 1. The number of carbonyl (C=O) groups is 1. The van der Waals surface area contributed by atoms with Crippen molar-refractivity contribution in [1.29, 1.82) is 0 Å². The van der Waals surface area contributed by atoms with Crippen LogP contribution in [0.25, 0.3) is 0 Å². The number of ether oxygens (including phenoxy) is 1. The van der Waals surface area contributed by atoms with Gasteiger partial charge in [-0.3, -0.25) is 4.79 Å². The molecule has 0 bridgehead atoms. The fraction of sp³-hybridized carbons (Fsp3) is 0.409. The lowest BCUT2D eigenvalue weighted by molar-refractivity contribution is -0.125. The Morgan fingerprint density at radius 2 is 1.92 bits per heavy atom. The van der Waals surface area contributed by atoms with E-state index in [-0.39, 0.29) is 11.8 Å². The van der Waals surface area contributed by atoms with Crippen molar-refractivity contribution in [3.05, 3.63) is 59.7 Å². The van der Waals surface area contributed by atoms with Crippen LogP contribution in [-0.2, 0) is 17.6 Å². The standard InChI is InChI=1S/C22H26N2O2/c25-22(19-11-15-26-21-10-4-2-7-18(21)16-19)23-12-14-24-13-5-8-17-6-1-3-9-20(17)24/h1-4,6-7,9-10,19H,5,8,11-16H2,(H,23,25). The molecule has 4 heteroatoms. The average molecular weight is 350 g/mol. The number of aryl methyl sites for hydroxylation is 1. The zero-order chi connectivity index (χ0) is 17.8. The third-order valence-electron chi connectivity index (χ3n) is 5.42. The Balaban J connectivity index is 1.32. The van der Waals surface area contributed by atoms with Gasteiger partial charge in [-0.1, -0.05) is 36.4 Å². The van der Waals surface area contributed by atoms with Gasteiger partial charge < -0.3 is 15.0 Å². The highest BCUT2D eigenvalue weighted by Crippen LogP contribution is 2.27. The summed E-state index contributed by atoms with van der Waals surface area (Å²) in [6, 6.07) is 16.6. The van der Waals surface area contributed by atoms with Gasteiger partial charge in [0.1, 0.15) is 5.75 Å². The van der Waals surface area contributed by atoms with Crippen LogP contribution >= 0.6 is 0 Å². The normalized spacial score (nSPS) is 18.9. The number of rotatable bonds is 4. The van der Waals surface area contributed by atoms with Gasteiger partial charge in [-0.2, -0.15) is 0 Å². The summed E-state index contributed by atoms with van der Waals surface area (Å²) in [7, 11) is 0. The zero-order valence-corrected chi connectivity index (χ0v) is 15.1. The Morgan fingerprint density at radius 3 is 2.85 bits per heavy atom. The van der Waals surface area contributed by atoms with E-state index < -0.39 is 0 Å². The van der Waals surface area contributed by atoms with Gasteiger partial charge in [-0.05, 0) is 48.9 Å². The van der Waals surface area contributed by atoms with Gasteiger partial charge >= 0.3 is 0 Å². The van der Waals surface area contributed by atoms with Crippen LogP contribution in [-0.4, -0.2) is 32.1 Å². The van der Waals surface area contributed by atoms with E-state index in [0.717, 1.165) is 43.7 Å². The van der Waals surface area contributed by atoms with E-state index in [1.54, 1.807) is 0 Å². The van der Waals surface area contributed by atoms with Crippen LogP contribution in [0.1, 0.15) is 24.0 Å². The molecule has 0 saturated heterocycles. The van der Waals surface area contributed by atoms with Crippen LogP contribution in [0, 0.1) is 5.92 Å². The molecule has 2 aliphatic rings. The number of anilines is 1. The minimum Gasteiger partial charge on any atom is -0.493 e. The molecule has 1 amide bonds. The zero-order valence-electron chi connectivity index (χ0n) is 15.1. The summed E-state index contributed by atoms with van der Waals surface area (Å²) in [4.78, 5) is 15.1. The lowest BCUT2D eigenvalue weighted by Gasteiger charge is -2.31. The first-order valence-electron chi connectivity index (χ1n) is 9.62. The number of nitrogens with zero attached hydrogens (tertiary/aromatic N) is 1. The first-order chi connectivity index (χ1) is 12.8. The van der Waals surface area contributed by atoms with Gasteiger partial charge in [0.25, 0.3) is 0 Å². The summed E-state index contributed by atoms with van der Waals surface area (Å²) in [5.74, 6) is 1.07. The highest BCUT2D eigenvalue weighted by molar-refractivity contribution is 5.79. The molecule has 2 heterocycles. The maximum atomic E-state index is 12.7. The van der Waals surface area contributed by atoms with Crippen LogP contribution < -0.4 is 15.0 Å². The number of nitrogens with one attached hydrogen (secondary N) is 1. The lowest BCUT2D eigenvalue weighted by atomic mass is 9.96. The minimum atomic E-state index is -0.00714. The summed E-state index contributed by atoms with van der Waals surface area (Å²) in [5.41, 5.74) is 3.88. The Morgan fingerprint density at radius 1 is 1.12 bits per heavy atom. The lowest BCUT2D eigenvalue weighted by Crippen LogP contribution is -2.40. The average Bonchev–Trinajstić information content (AvgIpc) is 2.90. The summed E-state index contributed by atoms with van der Waals surface area (Å²) in [6.07, 6.45) is 3.86. The molecule has 0 spiro atoms. The molecule has 1 unspecified atom stereocenters. The summed E-state index contributed by atoms with van der Waals surface area (Å²) in [5, 5.41) is 3.15. The second-order valence-electron chi connectivity index (χ2n) is 7.16. The number of fused-ring (bicyclic) bond motifs is 2. The maximum Gasteiger partial charge on any atom is 0.223 e. The number of hydrogen-bond acceptors (Lipinski definition) is 3. The number of para-hydroxylation sites is 2. The quantitative estimate of drug-likeness (QED) is 0.921. The molecule has 0 saturated carbocycles. The van der Waals surface area contributed by atoms with E-state index in [9.17, 15) is 4.79 Å². The molecule has 0 fully saturated rings. The molecule has 0 radical (unpaired) electrons. The van der Waals surface area contributed by atoms with Crippen LogP contribution in [0.4, 0.5) is 5.69 Å². The smallest absolute Gasteiger partial charge is 0.223 e. The van der Waals surface area contributed by atoms with Crippen LogP contribution in [0.3, 0.4) is 0 Å². The van der Waals surface area contributed by atoms with Gasteiger partial charge in [-0.15, -0.1) is 0 Å². The minimum absolute atomic E-state index is 0.00714. The first-order valence-corrected chi connectivity index (χ1v) is 9.62. The Bertz CT molecular complexity index is 774. The predicted molar refractivity (Wildman–Crippen MR) is 104 cm³/mol. The van der Waals surface area contributed by atoms with E-state index in [1.165, 1.54) is 17.7 Å². The van der Waals surface area contributed by atoms with Crippen molar-refractivity contribution in [3.8, 4) is 5.75 Å². The van der Waals surface area contributed by atoms with Crippen molar-refractivity contribution >= 4 is 11.6 Å². The van der Waals surface area contributed by atoms with Crippen LogP contribution in [0.2, 0.25) is 0 Å². The van der Waals surface area contributed by atoms with E-state index in [0.29, 0.717) is 13.2 Å². The number of benzene rings is 2. The fourth-order valence-corrected chi connectivity index (χ4v) is 4.02. The second-order valence-corrected chi connectivity index (χ2v) is 7.16. The molecule has 26 heavy (non-hydrogen) atoms. The summed E-state index contributed by atoms with van der Waals surface area (Å²) in [6.45, 7) is 3.22. The number of hydrogen-bond donors (Lipinski definition) is 1. The molecule has 2 aromatic carbocycles. The molecular formula is C22H26N2O2. The fourth-order valence-electron chi connectivity index (χ4n) is 4.02. The highest BCUT2D eigenvalue weighted by Gasteiger charge is 2.24. The van der Waals surface area contributed by atoms with Gasteiger partial charge in [0.2, 0.25) is 5.91 Å². The molecule has 0 aliphatic carbocycles. The van der Waals surface area contributed by atoms with Gasteiger partial charge in [0, 0.05) is 31.2 Å². The van der Waals surface area contributed by atoms with Crippen molar-refractivity contribution < 1.29 is 9.53 Å². The Hall–Kier alpha value is -2.49. The monoisotopic (exact) mass is 350 g/mol. The molecule has 4 nitrogen and oxygen atoms in total. The van der Waals surface area contributed by atoms with Crippen LogP contribution in [0.5, 0.6) is 5.75 Å². The Labute approximate surface area is 155 Å². The third-order valence-corrected chi connectivity index (χ3v) is 5.42. The molecule has 1 N–H and O–H groups in total. The van der Waals surface area contributed by atoms with Gasteiger partial charge in [0.05, 0.1) is 6.61 Å². The van der Waals surface area contributed by atoms with Crippen molar-refractivity contribution in [1.82, 2.24) is 5.32 Å². The maximum absolute atomic E-state index is 12.7. The molecule has 2 aromatic rings. The molecule has 1 atom stereocenters. The molecule has 2 aliphatic heterocycles. The largest absolute Gasteiger partial charge is 0.493 e. The van der Waals surface area contributed by atoms with E-state index in [4.69, 9.17) is 4.74 Å². The van der Waals surface area contributed by atoms with E-state index >= 15 is 0 Å². The molecule has 136 valence electrons. The van der Waals surface area contributed by atoms with E-state index in [1.807, 2.05) is 18.2 Å². The predicted octanol–water partition coefficient (Wildman–Crippen LogP) is 3.20. The van der Waals surface area contributed by atoms with E-state index in [2.05, 4.69) is 40.5 Å². The third kappa shape index (κ3) is 3.69. The van der Waals surface area contributed by atoms with Crippen LogP contribution in [0.15, 0.2) is 48.5 Å². The van der Waals surface area contributed by atoms with Crippen molar-refractivity contribution in [2.45, 2.75) is 25.7 Å². The van der Waals surface area contributed by atoms with Gasteiger partial charge in [-0.25, -0.2) is 0 Å². The molecule has 4 rings (SSSR count). The molecule has 0 aromatic heterocycles. The SMILES string of the molecule is O=C(NCCN1CCCc2ccccc21)C1CCOc2ccccc2C1. The number of amides is 1. The first kappa shape index (κ1) is 17.0. The Kier molecular flexibility index (Phi) is 5.09. The second kappa shape index (κ2) is 7.81. The topological polar surface area (TPSA) is 41.6 Å². The van der Waals surface area contributed by atoms with Gasteiger partial charge in [0.15, 0.2) is 0 Å². The molecular weight excluding hydrogens is 324 g/mol. The summed E-state index contributed by atoms with van der Waals surface area (Å²) < 4.78 is 5.78. The van der Waals surface area contributed by atoms with Crippen molar-refractivity contribution in [3.63, 3.8) is 0 Å². The highest BCUT2D eigenvalue weighted by atomic mass is 16.5. The summed E-state index contributed by atoms with van der Waals surface area (Å²) >= 11 is 0. The van der Waals surface area contributed by atoms with Crippen molar-refractivity contribution in [2.75, 3.05) is 31.1 Å². The van der Waals surface area contributed by atoms with Crippen molar-refractivity contribution in [2.24, 2.45) is 5.92 Å².